The third-order valence-corrected chi connectivity index (χ3v) is 4.56. The van der Waals surface area contributed by atoms with Gasteiger partial charge in [-0.25, -0.2) is 0 Å². The second-order valence-corrected chi connectivity index (χ2v) is 6.67. The number of rotatable bonds is 12. The normalized spacial score (nSPS) is 14.5. The van der Waals surface area contributed by atoms with Crippen LogP contribution in [0.3, 0.4) is 0 Å². The van der Waals surface area contributed by atoms with Crippen molar-refractivity contribution < 1.29 is 0 Å². The molecule has 0 unspecified atom stereocenters. The molecule has 1 aromatic rings. The molecule has 0 saturated heterocycles. The lowest BCUT2D eigenvalue weighted by molar-refractivity contribution is 0.555. The molecule has 1 fully saturated rings. The van der Waals surface area contributed by atoms with Gasteiger partial charge in [0.05, 0.1) is 0 Å². The van der Waals surface area contributed by atoms with Crippen molar-refractivity contribution in [3.8, 4) is 0 Å². The van der Waals surface area contributed by atoms with E-state index in [0.29, 0.717) is 0 Å². The maximum atomic E-state index is 3.58. The number of nitrogens with one attached hydrogen (secondary N) is 1. The third-order valence-electron chi connectivity index (χ3n) is 4.56. The molecule has 0 bridgehead atoms. The molecule has 118 valence electrons. The fourth-order valence-corrected chi connectivity index (χ4v) is 2.94. The van der Waals surface area contributed by atoms with Crippen molar-refractivity contribution in [3.63, 3.8) is 0 Å². The molecule has 0 radical (unpaired) electrons. The molecule has 0 spiro atoms. The van der Waals surface area contributed by atoms with Gasteiger partial charge in [0.2, 0.25) is 0 Å². The zero-order chi connectivity index (χ0) is 14.8. The highest BCUT2D eigenvalue weighted by Gasteiger charge is 2.22. The summed E-state index contributed by atoms with van der Waals surface area (Å²) in [6, 6.07) is 9.25. The maximum Gasteiger partial charge on any atom is 0.0205 e. The monoisotopic (exact) mass is 287 g/mol. The van der Waals surface area contributed by atoms with Crippen molar-refractivity contribution in [2.45, 2.75) is 83.6 Å². The summed E-state index contributed by atoms with van der Waals surface area (Å²) in [5.41, 5.74) is 2.97. The van der Waals surface area contributed by atoms with Crippen molar-refractivity contribution in [2.24, 2.45) is 0 Å². The van der Waals surface area contributed by atoms with Crippen molar-refractivity contribution in [1.29, 1.82) is 0 Å². The van der Waals surface area contributed by atoms with Gasteiger partial charge in [0.1, 0.15) is 0 Å². The van der Waals surface area contributed by atoms with Crippen LogP contribution in [0.5, 0.6) is 0 Å². The summed E-state index contributed by atoms with van der Waals surface area (Å²) in [7, 11) is 0. The van der Waals surface area contributed by atoms with Crippen LogP contribution in [-0.2, 0) is 6.54 Å². The molecule has 1 aliphatic rings. The van der Waals surface area contributed by atoms with Crippen LogP contribution in [0, 0.1) is 0 Å². The average molecular weight is 287 g/mol. The molecule has 0 atom stereocenters. The molecule has 1 heteroatoms. The first-order valence-corrected chi connectivity index (χ1v) is 9.19. The summed E-state index contributed by atoms with van der Waals surface area (Å²) >= 11 is 0. The lowest BCUT2D eigenvalue weighted by Crippen LogP contribution is -2.14. The van der Waals surface area contributed by atoms with Crippen molar-refractivity contribution >= 4 is 0 Å². The molecule has 1 saturated carbocycles. The predicted molar refractivity (Wildman–Crippen MR) is 92.7 cm³/mol. The Labute approximate surface area is 131 Å². The Morgan fingerprint density at radius 2 is 1.48 bits per heavy atom. The Bertz CT molecular complexity index is 364. The van der Waals surface area contributed by atoms with Crippen LogP contribution in [0.4, 0.5) is 0 Å². The second kappa shape index (κ2) is 10.00. The zero-order valence-corrected chi connectivity index (χ0v) is 13.9. The zero-order valence-electron chi connectivity index (χ0n) is 13.9. The van der Waals surface area contributed by atoms with E-state index in [2.05, 4.69) is 36.5 Å². The molecule has 0 amide bonds. The maximum absolute atomic E-state index is 3.58. The molecule has 1 aromatic carbocycles. The van der Waals surface area contributed by atoms with Gasteiger partial charge in [0.15, 0.2) is 0 Å². The van der Waals surface area contributed by atoms with Gasteiger partial charge in [0, 0.05) is 6.54 Å². The smallest absolute Gasteiger partial charge is 0.0205 e. The van der Waals surface area contributed by atoms with Gasteiger partial charge in [-0.3, -0.25) is 0 Å². The van der Waals surface area contributed by atoms with Crippen molar-refractivity contribution in [1.82, 2.24) is 5.32 Å². The van der Waals surface area contributed by atoms with E-state index in [4.69, 9.17) is 0 Å². The van der Waals surface area contributed by atoms with Crippen LogP contribution in [0.25, 0.3) is 0 Å². The van der Waals surface area contributed by atoms with Crippen LogP contribution in [-0.4, -0.2) is 6.54 Å². The van der Waals surface area contributed by atoms with E-state index in [0.717, 1.165) is 12.5 Å². The van der Waals surface area contributed by atoms with Crippen LogP contribution >= 0.6 is 0 Å². The highest BCUT2D eigenvalue weighted by Crippen LogP contribution is 2.39. The molecule has 21 heavy (non-hydrogen) atoms. The van der Waals surface area contributed by atoms with Gasteiger partial charge in [-0.2, -0.15) is 0 Å². The minimum atomic E-state index is 0.879. The van der Waals surface area contributed by atoms with Gasteiger partial charge in [-0.1, -0.05) is 76.1 Å². The summed E-state index contributed by atoms with van der Waals surface area (Å²) in [4.78, 5) is 0. The largest absolute Gasteiger partial charge is 0.313 e. The molecular weight excluding hydrogens is 254 g/mol. The molecular formula is C20H33N. The van der Waals surface area contributed by atoms with Crippen molar-refractivity contribution in [3.05, 3.63) is 35.4 Å². The summed E-state index contributed by atoms with van der Waals surface area (Å²) in [6.45, 7) is 4.48. The van der Waals surface area contributed by atoms with Crippen LogP contribution in [0.2, 0.25) is 0 Å². The minimum Gasteiger partial charge on any atom is -0.313 e. The Hall–Kier alpha value is -0.820. The molecule has 2 rings (SSSR count). The Balaban J connectivity index is 1.42. The molecule has 1 nitrogen and oxygen atoms in total. The molecule has 0 aliphatic heterocycles. The van der Waals surface area contributed by atoms with Crippen LogP contribution in [0.15, 0.2) is 24.3 Å². The number of hydrogen-bond acceptors (Lipinski definition) is 1. The molecule has 1 N–H and O–H groups in total. The van der Waals surface area contributed by atoms with Gasteiger partial charge in [-0.15, -0.1) is 0 Å². The first kappa shape index (κ1) is 16.5. The fraction of sp³-hybridized carbons (Fsp3) is 0.700. The number of unbranched alkanes of at least 4 members (excludes halogenated alkanes) is 7. The summed E-state index contributed by atoms with van der Waals surface area (Å²) < 4.78 is 0. The van der Waals surface area contributed by atoms with E-state index in [1.54, 1.807) is 5.56 Å². The summed E-state index contributed by atoms with van der Waals surface area (Å²) in [5.74, 6) is 0.879. The number of hydrogen-bond donors (Lipinski definition) is 1. The van der Waals surface area contributed by atoms with Crippen molar-refractivity contribution in [2.75, 3.05) is 6.54 Å². The first-order valence-electron chi connectivity index (χ1n) is 9.19. The summed E-state index contributed by atoms with van der Waals surface area (Å²) in [6.07, 6.45) is 14.0. The van der Waals surface area contributed by atoms with Gasteiger partial charge < -0.3 is 5.32 Å². The number of benzene rings is 1. The molecule has 0 heterocycles. The summed E-state index contributed by atoms with van der Waals surface area (Å²) in [5, 5.41) is 3.58. The van der Waals surface area contributed by atoms with Gasteiger partial charge in [-0.05, 0) is 42.9 Å². The SMILES string of the molecule is CCCCCCCCCCNCc1ccc(C2CC2)cc1. The van der Waals surface area contributed by atoms with E-state index in [-0.39, 0.29) is 0 Å². The van der Waals surface area contributed by atoms with E-state index in [1.807, 2.05) is 0 Å². The van der Waals surface area contributed by atoms with E-state index >= 15 is 0 Å². The second-order valence-electron chi connectivity index (χ2n) is 6.67. The Kier molecular flexibility index (Phi) is 7.88. The minimum absolute atomic E-state index is 0.879. The van der Waals surface area contributed by atoms with E-state index in [9.17, 15) is 0 Å². The fourth-order valence-electron chi connectivity index (χ4n) is 2.94. The lowest BCUT2D eigenvalue weighted by Gasteiger charge is -2.06. The topological polar surface area (TPSA) is 12.0 Å². The van der Waals surface area contributed by atoms with Crippen LogP contribution < -0.4 is 5.32 Å². The van der Waals surface area contributed by atoms with Crippen LogP contribution in [0.1, 0.15) is 88.2 Å². The standard InChI is InChI=1S/C20H33N/c1-2-3-4-5-6-7-8-9-16-21-17-18-10-12-19(13-11-18)20-14-15-20/h10-13,20-21H,2-9,14-17H2,1H3. The average Bonchev–Trinajstić information content (AvgIpc) is 3.35. The van der Waals surface area contributed by atoms with E-state index < -0.39 is 0 Å². The molecule has 1 aliphatic carbocycles. The highest BCUT2D eigenvalue weighted by atomic mass is 14.8. The predicted octanol–water partition coefficient (Wildman–Crippen LogP) is 5.79. The van der Waals surface area contributed by atoms with Gasteiger partial charge >= 0.3 is 0 Å². The molecule has 0 aromatic heterocycles. The highest BCUT2D eigenvalue weighted by molar-refractivity contribution is 5.27. The lowest BCUT2D eigenvalue weighted by atomic mass is 10.1. The Morgan fingerprint density at radius 1 is 0.857 bits per heavy atom. The first-order chi connectivity index (χ1) is 10.4. The Morgan fingerprint density at radius 3 is 2.10 bits per heavy atom. The quantitative estimate of drug-likeness (QED) is 0.479. The third kappa shape index (κ3) is 7.13. The van der Waals surface area contributed by atoms with E-state index in [1.165, 1.54) is 76.3 Å². The van der Waals surface area contributed by atoms with Gasteiger partial charge in [0.25, 0.3) is 0 Å².